The van der Waals surface area contributed by atoms with Gasteiger partial charge in [-0.15, -0.1) is 0 Å². The molecule has 0 aliphatic rings. The smallest absolute Gasteiger partial charge is 0.405 e. The number of benzene rings is 1. The fourth-order valence-electron chi connectivity index (χ4n) is 3.19. The predicted molar refractivity (Wildman–Crippen MR) is 95.8 cm³/mol. The predicted octanol–water partition coefficient (Wildman–Crippen LogP) is 4.85. The number of aromatic nitrogens is 2. The van der Waals surface area contributed by atoms with Gasteiger partial charge in [0, 0.05) is 11.8 Å². The summed E-state index contributed by atoms with van der Waals surface area (Å²) in [6.45, 7) is 8.75. The number of imidazole rings is 1. The maximum Gasteiger partial charge on any atom is 0.405 e. The second kappa shape index (κ2) is 7.51. The van der Waals surface area contributed by atoms with Crippen LogP contribution in [0.2, 0.25) is 0 Å². The van der Waals surface area contributed by atoms with Gasteiger partial charge in [0.1, 0.15) is 5.82 Å². The van der Waals surface area contributed by atoms with Crippen LogP contribution in [0.3, 0.4) is 0 Å². The molecule has 0 bridgehead atoms. The number of hydrogen-bond donors (Lipinski definition) is 3. The van der Waals surface area contributed by atoms with E-state index in [2.05, 4.69) is 43.0 Å². The topological polar surface area (TPSA) is 78.0 Å². The van der Waals surface area contributed by atoms with Gasteiger partial charge in [0.15, 0.2) is 0 Å². The molecule has 3 N–H and O–H groups in total. The van der Waals surface area contributed by atoms with Crippen molar-refractivity contribution in [1.29, 1.82) is 0 Å². The molecule has 0 aliphatic heterocycles. The third kappa shape index (κ3) is 5.41. The summed E-state index contributed by atoms with van der Waals surface area (Å²) in [6, 6.07) is 9.52. The Balaban J connectivity index is 2.16. The van der Waals surface area contributed by atoms with Gasteiger partial charge in [0.25, 0.3) is 0 Å². The van der Waals surface area contributed by atoms with Crippen LogP contribution in [0.15, 0.2) is 36.5 Å². The molecule has 0 saturated carbocycles. The van der Waals surface area contributed by atoms with Crippen molar-refractivity contribution in [2.24, 2.45) is 11.3 Å². The van der Waals surface area contributed by atoms with Crippen molar-refractivity contribution < 1.29 is 9.90 Å². The van der Waals surface area contributed by atoms with Gasteiger partial charge in [-0.05, 0) is 24.2 Å². The van der Waals surface area contributed by atoms with Crippen molar-refractivity contribution in [1.82, 2.24) is 15.3 Å². The number of nitrogens with zero attached hydrogens (tertiary/aromatic N) is 1. The number of carboxylic acid groups (broad SMARTS) is 1. The van der Waals surface area contributed by atoms with Crippen LogP contribution < -0.4 is 5.32 Å². The molecule has 2 rings (SSSR count). The van der Waals surface area contributed by atoms with Crippen LogP contribution in [0.1, 0.15) is 52.4 Å². The highest BCUT2D eigenvalue weighted by molar-refractivity contribution is 5.65. The Kier molecular flexibility index (Phi) is 5.65. The number of amides is 1. The minimum absolute atomic E-state index is 0.214. The van der Waals surface area contributed by atoms with Crippen LogP contribution in [0, 0.1) is 11.3 Å². The molecule has 24 heavy (non-hydrogen) atoms. The number of H-pyrrole nitrogens is 1. The van der Waals surface area contributed by atoms with E-state index in [9.17, 15) is 4.79 Å². The average molecular weight is 329 g/mol. The first-order valence-electron chi connectivity index (χ1n) is 8.35. The maximum absolute atomic E-state index is 11.2. The van der Waals surface area contributed by atoms with Crippen LogP contribution in [0.25, 0.3) is 11.3 Å². The lowest BCUT2D eigenvalue weighted by atomic mass is 9.83. The Labute approximate surface area is 143 Å². The zero-order valence-corrected chi connectivity index (χ0v) is 14.8. The molecule has 1 aromatic carbocycles. The Hall–Kier alpha value is -2.30. The van der Waals surface area contributed by atoms with Gasteiger partial charge in [0.05, 0.1) is 11.7 Å². The first-order valence-corrected chi connectivity index (χ1v) is 8.35. The normalized spacial score (nSPS) is 14.2. The number of rotatable bonds is 6. The van der Waals surface area contributed by atoms with E-state index >= 15 is 0 Å². The van der Waals surface area contributed by atoms with E-state index < -0.39 is 6.09 Å². The van der Waals surface area contributed by atoms with Crippen molar-refractivity contribution in [3.05, 3.63) is 42.4 Å². The number of hydrogen-bond acceptors (Lipinski definition) is 2. The number of carbonyl (C=O) groups is 1. The first-order chi connectivity index (χ1) is 11.2. The highest BCUT2D eigenvalue weighted by atomic mass is 16.4. The summed E-state index contributed by atoms with van der Waals surface area (Å²) in [5.74, 6) is 1.05. The molecule has 2 unspecified atom stereocenters. The molecule has 1 heterocycles. The molecule has 0 saturated heterocycles. The van der Waals surface area contributed by atoms with E-state index in [1.807, 2.05) is 36.5 Å². The fraction of sp³-hybridized carbons (Fsp3) is 0.474. The molecule has 0 fully saturated rings. The molecule has 5 nitrogen and oxygen atoms in total. The Morgan fingerprint density at radius 1 is 1.29 bits per heavy atom. The molecule has 1 amide bonds. The van der Waals surface area contributed by atoms with Gasteiger partial charge in [-0.1, -0.05) is 58.0 Å². The zero-order chi connectivity index (χ0) is 17.7. The molecule has 0 spiro atoms. The van der Waals surface area contributed by atoms with Crippen LogP contribution in [-0.2, 0) is 0 Å². The number of aromatic amines is 1. The van der Waals surface area contributed by atoms with Crippen molar-refractivity contribution in [2.45, 2.75) is 46.6 Å². The van der Waals surface area contributed by atoms with Crippen molar-refractivity contribution in [2.75, 3.05) is 0 Å². The minimum Gasteiger partial charge on any atom is -0.465 e. The minimum atomic E-state index is -1.03. The number of nitrogens with one attached hydrogen (secondary N) is 2. The zero-order valence-electron chi connectivity index (χ0n) is 14.8. The van der Waals surface area contributed by atoms with Crippen LogP contribution >= 0.6 is 0 Å². The van der Waals surface area contributed by atoms with Crippen molar-refractivity contribution in [3.8, 4) is 11.3 Å². The third-order valence-electron chi connectivity index (χ3n) is 3.89. The molecular formula is C19H27N3O2. The molecule has 0 aliphatic carbocycles. The SMILES string of the molecule is CC(CC(NC(=O)O)c1nc(-c2ccccc2)c[nH]1)CC(C)(C)C. The van der Waals surface area contributed by atoms with Crippen LogP contribution in [-0.4, -0.2) is 21.2 Å². The van der Waals surface area contributed by atoms with Gasteiger partial charge in [-0.25, -0.2) is 9.78 Å². The van der Waals surface area contributed by atoms with Crippen LogP contribution in [0.5, 0.6) is 0 Å². The van der Waals surface area contributed by atoms with Crippen LogP contribution in [0.4, 0.5) is 4.79 Å². The van der Waals surface area contributed by atoms with E-state index in [1.165, 1.54) is 0 Å². The summed E-state index contributed by atoms with van der Waals surface area (Å²) in [6.07, 6.45) is 2.54. The third-order valence-corrected chi connectivity index (χ3v) is 3.89. The van der Waals surface area contributed by atoms with Gasteiger partial charge >= 0.3 is 6.09 Å². The molecule has 0 radical (unpaired) electrons. The average Bonchev–Trinajstić information content (AvgIpc) is 2.94. The first kappa shape index (κ1) is 18.0. The second-order valence-electron chi connectivity index (χ2n) is 7.64. The Morgan fingerprint density at radius 3 is 2.54 bits per heavy atom. The van der Waals surface area contributed by atoms with Crippen molar-refractivity contribution in [3.63, 3.8) is 0 Å². The van der Waals surface area contributed by atoms with E-state index in [0.717, 1.165) is 17.7 Å². The Morgan fingerprint density at radius 2 is 1.96 bits per heavy atom. The molecule has 130 valence electrons. The Bertz CT molecular complexity index is 659. The molecule has 5 heteroatoms. The quantitative estimate of drug-likeness (QED) is 0.709. The van der Waals surface area contributed by atoms with Gasteiger partial charge in [-0.3, -0.25) is 0 Å². The molecular weight excluding hydrogens is 302 g/mol. The monoisotopic (exact) mass is 329 g/mol. The van der Waals surface area contributed by atoms with E-state index in [1.54, 1.807) is 0 Å². The van der Waals surface area contributed by atoms with Gasteiger partial charge < -0.3 is 15.4 Å². The summed E-state index contributed by atoms with van der Waals surface area (Å²) in [7, 11) is 0. The lowest BCUT2D eigenvalue weighted by Gasteiger charge is -2.26. The molecule has 2 aromatic rings. The van der Waals surface area contributed by atoms with E-state index in [0.29, 0.717) is 18.2 Å². The van der Waals surface area contributed by atoms with Gasteiger partial charge in [0.2, 0.25) is 0 Å². The standard InChI is InChI=1S/C19H27N3O2/c1-13(11-19(2,3)4)10-15(22-18(23)24)17-20-12-16(21-17)14-8-6-5-7-9-14/h5-9,12-13,15,22H,10-11H2,1-4H3,(H,20,21)(H,23,24). The fourth-order valence-corrected chi connectivity index (χ4v) is 3.19. The maximum atomic E-state index is 11.2. The highest BCUT2D eigenvalue weighted by Crippen LogP contribution is 2.30. The van der Waals surface area contributed by atoms with E-state index in [4.69, 9.17) is 5.11 Å². The lowest BCUT2D eigenvalue weighted by molar-refractivity contribution is 0.185. The second-order valence-corrected chi connectivity index (χ2v) is 7.64. The van der Waals surface area contributed by atoms with Crippen molar-refractivity contribution >= 4 is 6.09 Å². The largest absolute Gasteiger partial charge is 0.465 e. The molecule has 1 aromatic heterocycles. The van der Waals surface area contributed by atoms with E-state index in [-0.39, 0.29) is 11.5 Å². The summed E-state index contributed by atoms with van der Waals surface area (Å²) in [4.78, 5) is 18.9. The summed E-state index contributed by atoms with van der Waals surface area (Å²) >= 11 is 0. The van der Waals surface area contributed by atoms with Gasteiger partial charge in [-0.2, -0.15) is 0 Å². The summed E-state index contributed by atoms with van der Waals surface area (Å²) < 4.78 is 0. The molecule has 2 atom stereocenters. The summed E-state index contributed by atoms with van der Waals surface area (Å²) in [5, 5.41) is 11.8. The summed E-state index contributed by atoms with van der Waals surface area (Å²) in [5.41, 5.74) is 2.05. The lowest BCUT2D eigenvalue weighted by Crippen LogP contribution is -2.29. The highest BCUT2D eigenvalue weighted by Gasteiger charge is 2.23.